The predicted octanol–water partition coefficient (Wildman–Crippen LogP) is 2.23. The summed E-state index contributed by atoms with van der Waals surface area (Å²) in [5, 5.41) is 12.1. The molecule has 1 aromatic carbocycles. The molecule has 1 aliphatic heterocycles. The molecule has 0 spiro atoms. The average molecular weight is 397 g/mol. The molecular formula is C21H24FN5O2. The van der Waals surface area contributed by atoms with E-state index in [2.05, 4.69) is 15.6 Å². The molecule has 3 aromatic rings. The molecule has 2 atom stereocenters. The van der Waals surface area contributed by atoms with Gasteiger partial charge >= 0.3 is 0 Å². The fourth-order valence-corrected chi connectivity index (χ4v) is 3.61. The van der Waals surface area contributed by atoms with E-state index >= 15 is 0 Å². The number of nitrogens with one attached hydrogen (secondary N) is 2. The number of hydrogen-bond donors (Lipinski definition) is 2. The van der Waals surface area contributed by atoms with Gasteiger partial charge in [-0.15, -0.1) is 0 Å². The van der Waals surface area contributed by atoms with Gasteiger partial charge in [-0.25, -0.2) is 14.1 Å². The molecule has 2 aromatic heterocycles. The Labute approximate surface area is 168 Å². The zero-order chi connectivity index (χ0) is 20.2. The van der Waals surface area contributed by atoms with Gasteiger partial charge in [-0.05, 0) is 44.2 Å². The summed E-state index contributed by atoms with van der Waals surface area (Å²) < 4.78 is 20.6. The number of halogens is 1. The molecule has 1 amide bonds. The third-order valence-electron chi connectivity index (χ3n) is 5.08. The number of aromatic nitrogens is 3. The molecule has 0 aliphatic carbocycles. The van der Waals surface area contributed by atoms with Crippen molar-refractivity contribution < 1.29 is 13.9 Å². The number of pyridine rings is 1. The minimum atomic E-state index is -0.732. The van der Waals surface area contributed by atoms with E-state index in [1.807, 2.05) is 16.8 Å². The van der Waals surface area contributed by atoms with Gasteiger partial charge in [0.25, 0.3) is 5.91 Å². The lowest BCUT2D eigenvalue weighted by Crippen LogP contribution is -2.38. The van der Waals surface area contributed by atoms with Crippen LogP contribution >= 0.6 is 0 Å². The van der Waals surface area contributed by atoms with Gasteiger partial charge in [0.1, 0.15) is 11.6 Å². The van der Waals surface area contributed by atoms with E-state index in [1.165, 1.54) is 12.1 Å². The van der Waals surface area contributed by atoms with E-state index in [1.54, 1.807) is 25.3 Å². The molecule has 29 heavy (non-hydrogen) atoms. The quantitative estimate of drug-likeness (QED) is 0.639. The topological polar surface area (TPSA) is 81.1 Å². The molecule has 7 nitrogen and oxygen atoms in total. The zero-order valence-corrected chi connectivity index (χ0v) is 16.3. The van der Waals surface area contributed by atoms with Gasteiger partial charge in [-0.3, -0.25) is 4.79 Å². The second-order valence-corrected chi connectivity index (χ2v) is 7.18. The van der Waals surface area contributed by atoms with Crippen LogP contribution in [0.5, 0.6) is 5.75 Å². The van der Waals surface area contributed by atoms with Gasteiger partial charge in [0.15, 0.2) is 11.8 Å². The molecular weight excluding hydrogens is 373 g/mol. The first-order valence-corrected chi connectivity index (χ1v) is 9.84. The number of nitrogens with zero attached hydrogens (tertiary/aromatic N) is 3. The van der Waals surface area contributed by atoms with Crippen molar-refractivity contribution in [2.24, 2.45) is 0 Å². The highest BCUT2D eigenvalue weighted by atomic mass is 19.1. The van der Waals surface area contributed by atoms with E-state index in [4.69, 9.17) is 9.84 Å². The number of hydrogen-bond acceptors (Lipinski definition) is 5. The van der Waals surface area contributed by atoms with Crippen LogP contribution in [0, 0.1) is 5.82 Å². The first kappa shape index (κ1) is 19.3. The highest BCUT2D eigenvalue weighted by Gasteiger charge is 2.23. The molecule has 2 N–H and O–H groups in total. The van der Waals surface area contributed by atoms with E-state index < -0.39 is 11.9 Å². The van der Waals surface area contributed by atoms with Crippen LogP contribution < -0.4 is 15.4 Å². The van der Waals surface area contributed by atoms with Gasteiger partial charge in [0.05, 0.1) is 12.2 Å². The lowest BCUT2D eigenvalue weighted by Gasteiger charge is -2.14. The van der Waals surface area contributed by atoms with Crippen LogP contribution in [0.2, 0.25) is 0 Å². The summed E-state index contributed by atoms with van der Waals surface area (Å²) in [5.74, 6) is 0.0438. The molecule has 0 unspecified atom stereocenters. The Hall–Kier alpha value is -3.00. The van der Waals surface area contributed by atoms with E-state index in [0.29, 0.717) is 24.8 Å². The Kier molecular flexibility index (Phi) is 5.71. The van der Waals surface area contributed by atoms with E-state index in [0.717, 1.165) is 36.2 Å². The summed E-state index contributed by atoms with van der Waals surface area (Å²) in [7, 11) is 0. The van der Waals surface area contributed by atoms with Crippen molar-refractivity contribution in [3.8, 4) is 5.75 Å². The molecule has 1 fully saturated rings. The number of ether oxygens (including phenoxy) is 1. The standard InChI is InChI=1S/C21H24FN5O2/c1-14(29-17-5-2-4-16(22)12-17)21(28)25-10-11-27-20-18(6-3-8-24-20)19(26-27)15-7-9-23-13-15/h2-6,8,12,14-15,23H,7,9-11,13H2,1H3,(H,25,28)/t14-,15+/m1/s1. The monoisotopic (exact) mass is 397 g/mol. The summed E-state index contributed by atoms with van der Waals surface area (Å²) >= 11 is 0. The Morgan fingerprint density at radius 1 is 1.41 bits per heavy atom. The number of fused-ring (bicyclic) bond motifs is 1. The van der Waals surface area contributed by atoms with E-state index in [9.17, 15) is 9.18 Å². The molecule has 0 bridgehead atoms. The number of rotatable bonds is 7. The average Bonchev–Trinajstić information content (AvgIpc) is 3.36. The van der Waals surface area contributed by atoms with Crippen LogP contribution in [0.4, 0.5) is 4.39 Å². The van der Waals surface area contributed by atoms with Gasteiger partial charge in [0, 0.05) is 36.7 Å². The fourth-order valence-electron chi connectivity index (χ4n) is 3.61. The van der Waals surface area contributed by atoms with Crippen LogP contribution in [0.15, 0.2) is 42.6 Å². The molecule has 152 valence electrons. The number of benzene rings is 1. The van der Waals surface area contributed by atoms with Gasteiger partial charge in [0.2, 0.25) is 0 Å². The van der Waals surface area contributed by atoms with Crippen LogP contribution in [-0.2, 0) is 11.3 Å². The molecule has 1 aliphatic rings. The highest BCUT2D eigenvalue weighted by molar-refractivity contribution is 5.81. The summed E-state index contributed by atoms with van der Waals surface area (Å²) in [6.45, 7) is 4.46. The Bertz CT molecular complexity index is 1000. The molecule has 8 heteroatoms. The minimum Gasteiger partial charge on any atom is -0.481 e. The first-order chi connectivity index (χ1) is 14.1. The first-order valence-electron chi connectivity index (χ1n) is 9.84. The third-order valence-corrected chi connectivity index (χ3v) is 5.08. The van der Waals surface area contributed by atoms with Crippen LogP contribution in [0.1, 0.15) is 25.0 Å². The fraction of sp³-hybridized carbons (Fsp3) is 0.381. The number of carbonyl (C=O) groups is 1. The minimum absolute atomic E-state index is 0.265. The number of amides is 1. The summed E-state index contributed by atoms with van der Waals surface area (Å²) in [6, 6.07) is 9.72. The maximum atomic E-state index is 13.3. The van der Waals surface area contributed by atoms with Crippen molar-refractivity contribution in [2.45, 2.75) is 31.9 Å². The second kappa shape index (κ2) is 8.57. The third kappa shape index (κ3) is 4.37. The lowest BCUT2D eigenvalue weighted by atomic mass is 10.0. The Morgan fingerprint density at radius 3 is 3.10 bits per heavy atom. The molecule has 0 radical (unpaired) electrons. The molecule has 3 heterocycles. The van der Waals surface area contributed by atoms with Crippen molar-refractivity contribution in [2.75, 3.05) is 19.6 Å². The second-order valence-electron chi connectivity index (χ2n) is 7.18. The van der Waals surface area contributed by atoms with Crippen LogP contribution in [-0.4, -0.2) is 46.4 Å². The van der Waals surface area contributed by atoms with Crippen molar-refractivity contribution in [3.63, 3.8) is 0 Å². The maximum absolute atomic E-state index is 13.3. The summed E-state index contributed by atoms with van der Waals surface area (Å²) in [4.78, 5) is 16.8. The Morgan fingerprint density at radius 2 is 2.31 bits per heavy atom. The van der Waals surface area contributed by atoms with Gasteiger partial charge < -0.3 is 15.4 Å². The smallest absolute Gasteiger partial charge is 0.260 e. The van der Waals surface area contributed by atoms with Crippen LogP contribution in [0.3, 0.4) is 0 Å². The van der Waals surface area contributed by atoms with Gasteiger partial charge in [-0.2, -0.15) is 5.10 Å². The maximum Gasteiger partial charge on any atom is 0.260 e. The number of carbonyl (C=O) groups excluding carboxylic acids is 1. The van der Waals surface area contributed by atoms with Crippen molar-refractivity contribution in [1.29, 1.82) is 0 Å². The van der Waals surface area contributed by atoms with Crippen molar-refractivity contribution in [3.05, 3.63) is 54.1 Å². The van der Waals surface area contributed by atoms with Gasteiger partial charge in [-0.1, -0.05) is 6.07 Å². The summed E-state index contributed by atoms with van der Waals surface area (Å²) in [5.41, 5.74) is 1.89. The molecule has 1 saturated heterocycles. The Balaban J connectivity index is 1.37. The highest BCUT2D eigenvalue weighted by Crippen LogP contribution is 2.27. The predicted molar refractivity (Wildman–Crippen MR) is 107 cm³/mol. The summed E-state index contributed by atoms with van der Waals surface area (Å²) in [6.07, 6.45) is 2.08. The normalized spacial score (nSPS) is 17.4. The lowest BCUT2D eigenvalue weighted by molar-refractivity contribution is -0.127. The van der Waals surface area contributed by atoms with Crippen molar-refractivity contribution in [1.82, 2.24) is 25.4 Å². The molecule has 4 rings (SSSR count). The SMILES string of the molecule is C[C@@H](Oc1cccc(F)c1)C(=O)NCCn1nc([C@H]2CCNC2)c2cccnc21. The van der Waals surface area contributed by atoms with E-state index in [-0.39, 0.29) is 5.91 Å². The van der Waals surface area contributed by atoms with Crippen molar-refractivity contribution >= 4 is 16.9 Å². The zero-order valence-electron chi connectivity index (χ0n) is 16.3. The molecule has 0 saturated carbocycles. The van der Waals surface area contributed by atoms with Crippen LogP contribution in [0.25, 0.3) is 11.0 Å². The largest absolute Gasteiger partial charge is 0.481 e.